The number of hydrogen-bond acceptors (Lipinski definition) is 4. The van der Waals surface area contributed by atoms with Gasteiger partial charge in [-0.1, -0.05) is 58.7 Å². The topological polar surface area (TPSA) is 39.9 Å². The maximum absolute atomic E-state index is 6.22. The van der Waals surface area contributed by atoms with E-state index in [1.54, 1.807) is 12.1 Å². The van der Waals surface area contributed by atoms with E-state index in [-0.39, 0.29) is 6.10 Å². The molecule has 3 aromatic rings. The maximum Gasteiger partial charge on any atom is 0.191 e. The van der Waals surface area contributed by atoms with Crippen molar-refractivity contribution in [3.8, 4) is 5.75 Å². The van der Waals surface area contributed by atoms with Crippen molar-refractivity contribution in [2.24, 2.45) is 7.05 Å². The zero-order valence-electron chi connectivity index (χ0n) is 14.1. The van der Waals surface area contributed by atoms with Crippen LogP contribution in [0.1, 0.15) is 24.4 Å². The highest BCUT2D eigenvalue weighted by Crippen LogP contribution is 2.31. The Morgan fingerprint density at radius 2 is 1.77 bits per heavy atom. The lowest BCUT2D eigenvalue weighted by Crippen LogP contribution is -2.10. The Kier molecular flexibility index (Phi) is 6.35. The second kappa shape index (κ2) is 8.53. The molecule has 4 nitrogen and oxygen atoms in total. The van der Waals surface area contributed by atoms with Crippen LogP contribution in [0.25, 0.3) is 0 Å². The number of rotatable bonds is 6. The van der Waals surface area contributed by atoms with Crippen molar-refractivity contribution < 1.29 is 4.74 Å². The molecule has 8 heteroatoms. The van der Waals surface area contributed by atoms with Crippen LogP contribution in [-0.4, -0.2) is 14.8 Å². The van der Waals surface area contributed by atoms with E-state index >= 15 is 0 Å². The van der Waals surface area contributed by atoms with E-state index in [1.165, 1.54) is 11.8 Å². The molecule has 2 aromatic carbocycles. The largest absolute Gasteiger partial charge is 0.483 e. The van der Waals surface area contributed by atoms with Gasteiger partial charge in [-0.3, -0.25) is 0 Å². The van der Waals surface area contributed by atoms with Crippen molar-refractivity contribution in [1.82, 2.24) is 14.8 Å². The quantitative estimate of drug-likeness (QED) is 0.438. The highest BCUT2D eigenvalue weighted by molar-refractivity contribution is 7.98. The van der Waals surface area contributed by atoms with Gasteiger partial charge >= 0.3 is 0 Å². The van der Waals surface area contributed by atoms with Crippen LogP contribution in [0.3, 0.4) is 0 Å². The molecule has 0 aliphatic carbocycles. The van der Waals surface area contributed by atoms with Gasteiger partial charge in [-0.25, -0.2) is 0 Å². The fourth-order valence-corrected chi connectivity index (χ4v) is 4.25. The highest BCUT2D eigenvalue weighted by atomic mass is 35.5. The second-order valence-electron chi connectivity index (χ2n) is 5.61. The zero-order chi connectivity index (χ0) is 18.7. The number of ether oxygens (including phenoxy) is 1. The van der Waals surface area contributed by atoms with Crippen molar-refractivity contribution in [2.45, 2.75) is 23.9 Å². The molecule has 1 heterocycles. The standard InChI is InChI=1S/C18H16Cl3N3OS/c1-11(25-13-6-3-5-12(19)9-13)17-22-23-18(24(17)2)26-10-14-15(20)7-4-8-16(14)21/h3-9,11H,10H2,1-2H3. The average molecular weight is 429 g/mol. The van der Waals surface area contributed by atoms with Gasteiger partial charge in [0.15, 0.2) is 17.1 Å². The molecule has 0 bridgehead atoms. The summed E-state index contributed by atoms with van der Waals surface area (Å²) in [6.07, 6.45) is -0.274. The van der Waals surface area contributed by atoms with E-state index in [2.05, 4.69) is 10.2 Å². The minimum Gasteiger partial charge on any atom is -0.483 e. The van der Waals surface area contributed by atoms with Gasteiger partial charge in [-0.05, 0) is 42.8 Å². The Bertz CT molecular complexity index is 896. The van der Waals surface area contributed by atoms with E-state index in [0.29, 0.717) is 26.6 Å². The SMILES string of the molecule is CC(Oc1cccc(Cl)c1)c1nnc(SCc2c(Cl)cccc2Cl)n1C. The lowest BCUT2D eigenvalue weighted by Gasteiger charge is -2.14. The van der Waals surface area contributed by atoms with Crippen molar-refractivity contribution in [2.75, 3.05) is 0 Å². The second-order valence-corrected chi connectivity index (χ2v) is 7.80. The molecule has 3 rings (SSSR count). The Labute approximate surface area is 171 Å². The molecule has 0 spiro atoms. The summed E-state index contributed by atoms with van der Waals surface area (Å²) >= 11 is 20.0. The fourth-order valence-electron chi connectivity index (χ4n) is 2.41. The van der Waals surface area contributed by atoms with Gasteiger partial charge in [0.25, 0.3) is 0 Å². The summed E-state index contributed by atoms with van der Waals surface area (Å²) in [5, 5.41) is 11.2. The molecule has 136 valence electrons. The van der Waals surface area contributed by atoms with Gasteiger partial charge in [0.2, 0.25) is 0 Å². The summed E-state index contributed by atoms with van der Waals surface area (Å²) in [6.45, 7) is 1.92. The van der Waals surface area contributed by atoms with Crippen LogP contribution in [0, 0.1) is 0 Å². The van der Waals surface area contributed by atoms with Crippen molar-refractivity contribution in [3.05, 3.63) is 68.9 Å². The number of halogens is 3. The van der Waals surface area contributed by atoms with E-state index in [1.807, 2.05) is 48.9 Å². The first-order valence-electron chi connectivity index (χ1n) is 7.83. The van der Waals surface area contributed by atoms with Gasteiger partial charge in [0.05, 0.1) is 0 Å². The normalized spacial score (nSPS) is 12.2. The summed E-state index contributed by atoms with van der Waals surface area (Å²) in [7, 11) is 1.91. The Balaban J connectivity index is 1.71. The molecule has 1 aromatic heterocycles. The number of aromatic nitrogens is 3. The summed E-state index contributed by atoms with van der Waals surface area (Å²) in [5.41, 5.74) is 0.883. The van der Waals surface area contributed by atoms with Crippen LogP contribution < -0.4 is 4.74 Å². The molecule has 26 heavy (non-hydrogen) atoms. The molecule has 1 atom stereocenters. The smallest absolute Gasteiger partial charge is 0.191 e. The lowest BCUT2D eigenvalue weighted by molar-refractivity contribution is 0.211. The molecule has 0 aliphatic heterocycles. The van der Waals surface area contributed by atoms with Gasteiger partial charge in [-0.15, -0.1) is 10.2 Å². The summed E-state index contributed by atoms with van der Waals surface area (Å²) in [5.74, 6) is 2.01. The minimum atomic E-state index is -0.274. The molecule has 0 radical (unpaired) electrons. The number of hydrogen-bond donors (Lipinski definition) is 0. The van der Waals surface area contributed by atoms with Crippen molar-refractivity contribution >= 4 is 46.6 Å². The monoisotopic (exact) mass is 427 g/mol. The Morgan fingerprint density at radius 3 is 2.46 bits per heavy atom. The van der Waals surface area contributed by atoms with Gasteiger partial charge in [0.1, 0.15) is 5.75 Å². The number of benzene rings is 2. The van der Waals surface area contributed by atoms with Crippen LogP contribution in [-0.2, 0) is 12.8 Å². The third-order valence-electron chi connectivity index (χ3n) is 3.75. The molecule has 0 aliphatic rings. The molecule has 0 saturated carbocycles. The first-order valence-corrected chi connectivity index (χ1v) is 9.95. The number of thioether (sulfide) groups is 1. The molecule has 0 saturated heterocycles. The van der Waals surface area contributed by atoms with E-state index in [0.717, 1.165) is 16.5 Å². The van der Waals surface area contributed by atoms with Gasteiger partial charge in [0, 0.05) is 27.9 Å². The molecule has 1 unspecified atom stereocenters. The van der Waals surface area contributed by atoms with Crippen LogP contribution in [0.15, 0.2) is 47.6 Å². The van der Waals surface area contributed by atoms with Crippen LogP contribution in [0.4, 0.5) is 0 Å². The third kappa shape index (κ3) is 4.46. The molecule has 0 N–H and O–H groups in total. The molecule has 0 fully saturated rings. The highest BCUT2D eigenvalue weighted by Gasteiger charge is 2.18. The Hall–Kier alpha value is -1.40. The van der Waals surface area contributed by atoms with Crippen LogP contribution in [0.5, 0.6) is 5.75 Å². The molecular formula is C18H16Cl3N3OS. The molecule has 0 amide bonds. The third-order valence-corrected chi connectivity index (χ3v) is 5.74. The van der Waals surface area contributed by atoms with Crippen molar-refractivity contribution in [1.29, 1.82) is 0 Å². The van der Waals surface area contributed by atoms with Crippen LogP contribution in [0.2, 0.25) is 15.1 Å². The van der Waals surface area contributed by atoms with E-state index < -0.39 is 0 Å². The maximum atomic E-state index is 6.22. The summed E-state index contributed by atoms with van der Waals surface area (Å²) in [4.78, 5) is 0. The number of nitrogens with zero attached hydrogens (tertiary/aromatic N) is 3. The first-order chi connectivity index (χ1) is 12.5. The zero-order valence-corrected chi connectivity index (χ0v) is 17.2. The Morgan fingerprint density at radius 1 is 1.08 bits per heavy atom. The predicted molar refractivity (Wildman–Crippen MR) is 108 cm³/mol. The van der Waals surface area contributed by atoms with Gasteiger partial charge in [-0.2, -0.15) is 0 Å². The van der Waals surface area contributed by atoms with Crippen molar-refractivity contribution in [3.63, 3.8) is 0 Å². The predicted octanol–water partition coefficient (Wildman–Crippen LogP) is 6.21. The first kappa shape index (κ1) is 19.4. The summed E-state index contributed by atoms with van der Waals surface area (Å²) < 4.78 is 7.82. The minimum absolute atomic E-state index is 0.274. The van der Waals surface area contributed by atoms with Crippen LogP contribution >= 0.6 is 46.6 Å². The fraction of sp³-hybridized carbons (Fsp3) is 0.222. The lowest BCUT2D eigenvalue weighted by atomic mass is 10.2. The average Bonchev–Trinajstić information content (AvgIpc) is 2.95. The van der Waals surface area contributed by atoms with Gasteiger partial charge < -0.3 is 9.30 Å². The van der Waals surface area contributed by atoms with E-state index in [4.69, 9.17) is 39.5 Å². The summed E-state index contributed by atoms with van der Waals surface area (Å²) in [6, 6.07) is 12.7. The van der Waals surface area contributed by atoms with E-state index in [9.17, 15) is 0 Å². The molecular weight excluding hydrogens is 413 g/mol.